The first kappa shape index (κ1) is 20.0. The number of esters is 1. The SMILES string of the molecule is CCc1[nH]c(C(=O)NC2(c3ccc(OC)cc3)CCCC2)c(C)c1C(=O)OC. The number of aromatic amines is 1. The number of nitrogens with one attached hydrogen (secondary N) is 2. The molecule has 0 atom stereocenters. The van der Waals surface area contributed by atoms with Gasteiger partial charge in [0.25, 0.3) is 5.91 Å². The van der Waals surface area contributed by atoms with Crippen molar-refractivity contribution in [1.29, 1.82) is 0 Å². The summed E-state index contributed by atoms with van der Waals surface area (Å²) in [5.41, 5.74) is 2.91. The Labute approximate surface area is 165 Å². The fourth-order valence-corrected chi connectivity index (χ4v) is 4.18. The smallest absolute Gasteiger partial charge is 0.339 e. The molecule has 2 aromatic rings. The van der Waals surface area contributed by atoms with E-state index in [0.29, 0.717) is 23.2 Å². The highest BCUT2D eigenvalue weighted by molar-refractivity contribution is 6.00. The van der Waals surface area contributed by atoms with Crippen LogP contribution in [-0.2, 0) is 16.7 Å². The molecule has 0 unspecified atom stereocenters. The molecule has 2 N–H and O–H groups in total. The lowest BCUT2D eigenvalue weighted by atomic mass is 9.87. The predicted octanol–water partition coefficient (Wildman–Crippen LogP) is 3.88. The minimum absolute atomic E-state index is 0.194. The summed E-state index contributed by atoms with van der Waals surface area (Å²) in [6, 6.07) is 7.88. The Kier molecular flexibility index (Phi) is 5.77. The lowest BCUT2D eigenvalue weighted by Gasteiger charge is -2.31. The van der Waals surface area contributed by atoms with E-state index in [1.54, 1.807) is 14.0 Å². The van der Waals surface area contributed by atoms with Crippen LogP contribution in [0, 0.1) is 6.92 Å². The Morgan fingerprint density at radius 1 is 1.14 bits per heavy atom. The second kappa shape index (κ2) is 8.09. The van der Waals surface area contributed by atoms with E-state index in [2.05, 4.69) is 10.3 Å². The molecule has 0 saturated heterocycles. The summed E-state index contributed by atoms with van der Waals surface area (Å²) in [5, 5.41) is 3.26. The van der Waals surface area contributed by atoms with Crippen LogP contribution in [0.5, 0.6) is 5.75 Å². The lowest BCUT2D eigenvalue weighted by molar-refractivity contribution is 0.0599. The van der Waals surface area contributed by atoms with Gasteiger partial charge in [0.1, 0.15) is 11.4 Å². The van der Waals surface area contributed by atoms with Crippen molar-refractivity contribution in [3.8, 4) is 5.75 Å². The highest BCUT2D eigenvalue weighted by atomic mass is 16.5. The fourth-order valence-electron chi connectivity index (χ4n) is 4.18. The molecule has 6 heteroatoms. The minimum Gasteiger partial charge on any atom is -0.497 e. The first-order valence-electron chi connectivity index (χ1n) is 9.72. The van der Waals surface area contributed by atoms with E-state index < -0.39 is 11.5 Å². The van der Waals surface area contributed by atoms with E-state index in [1.165, 1.54) is 7.11 Å². The van der Waals surface area contributed by atoms with Crippen LogP contribution in [0.2, 0.25) is 0 Å². The van der Waals surface area contributed by atoms with Gasteiger partial charge in [-0.25, -0.2) is 4.79 Å². The van der Waals surface area contributed by atoms with Gasteiger partial charge in [-0.15, -0.1) is 0 Å². The van der Waals surface area contributed by atoms with E-state index in [9.17, 15) is 9.59 Å². The maximum atomic E-state index is 13.2. The summed E-state index contributed by atoms with van der Waals surface area (Å²) < 4.78 is 10.2. The average molecular weight is 384 g/mol. The molecule has 1 amide bonds. The zero-order chi connectivity index (χ0) is 20.3. The van der Waals surface area contributed by atoms with Gasteiger partial charge in [0, 0.05) is 5.69 Å². The first-order chi connectivity index (χ1) is 13.5. The van der Waals surface area contributed by atoms with Crippen LogP contribution >= 0.6 is 0 Å². The summed E-state index contributed by atoms with van der Waals surface area (Å²) in [7, 11) is 2.99. The molecule has 0 radical (unpaired) electrons. The molecule has 1 aliphatic carbocycles. The molecule has 1 aliphatic rings. The maximum Gasteiger partial charge on any atom is 0.339 e. The second-order valence-corrected chi connectivity index (χ2v) is 7.30. The van der Waals surface area contributed by atoms with E-state index >= 15 is 0 Å². The molecule has 1 aromatic carbocycles. The molecule has 0 spiro atoms. The van der Waals surface area contributed by atoms with Crippen LogP contribution in [0.15, 0.2) is 24.3 Å². The molecular formula is C22H28N2O4. The average Bonchev–Trinajstić information content (AvgIpc) is 3.32. The van der Waals surface area contributed by atoms with Gasteiger partial charge in [0.15, 0.2) is 0 Å². The molecule has 0 aliphatic heterocycles. The molecule has 1 aromatic heterocycles. The van der Waals surface area contributed by atoms with Crippen molar-refractivity contribution in [2.24, 2.45) is 0 Å². The number of carbonyl (C=O) groups is 2. The summed E-state index contributed by atoms with van der Waals surface area (Å²) in [6.07, 6.45) is 4.50. The van der Waals surface area contributed by atoms with Crippen LogP contribution in [0.25, 0.3) is 0 Å². The molecule has 6 nitrogen and oxygen atoms in total. The van der Waals surface area contributed by atoms with Gasteiger partial charge in [-0.3, -0.25) is 4.79 Å². The van der Waals surface area contributed by atoms with Crippen LogP contribution in [0.4, 0.5) is 0 Å². The topological polar surface area (TPSA) is 80.4 Å². The van der Waals surface area contributed by atoms with E-state index in [4.69, 9.17) is 9.47 Å². The van der Waals surface area contributed by atoms with Crippen LogP contribution in [0.3, 0.4) is 0 Å². The number of methoxy groups -OCH3 is 2. The molecule has 1 fully saturated rings. The fraction of sp³-hybridized carbons (Fsp3) is 0.455. The van der Waals surface area contributed by atoms with E-state index in [-0.39, 0.29) is 5.91 Å². The molecule has 150 valence electrons. The van der Waals surface area contributed by atoms with Crippen molar-refractivity contribution < 1.29 is 19.1 Å². The molecular weight excluding hydrogens is 356 g/mol. The number of amides is 1. The quantitative estimate of drug-likeness (QED) is 0.741. The first-order valence-corrected chi connectivity index (χ1v) is 9.72. The van der Waals surface area contributed by atoms with Gasteiger partial charge >= 0.3 is 5.97 Å². The van der Waals surface area contributed by atoms with Crippen LogP contribution in [-0.4, -0.2) is 31.1 Å². The number of rotatable bonds is 6. The third kappa shape index (κ3) is 3.51. The van der Waals surface area contributed by atoms with Gasteiger partial charge in [0.2, 0.25) is 0 Å². The highest BCUT2D eigenvalue weighted by Crippen LogP contribution is 2.39. The third-order valence-corrected chi connectivity index (χ3v) is 5.75. The Bertz CT molecular complexity index is 861. The van der Waals surface area contributed by atoms with Crippen molar-refractivity contribution in [2.45, 2.75) is 51.5 Å². The van der Waals surface area contributed by atoms with Crippen molar-refractivity contribution in [2.75, 3.05) is 14.2 Å². The number of hydrogen-bond acceptors (Lipinski definition) is 4. The molecule has 28 heavy (non-hydrogen) atoms. The standard InChI is InChI=1S/C22H28N2O4/c1-5-17-18(21(26)28-4)14(2)19(23-17)20(25)24-22(12-6-7-13-22)15-8-10-16(27-3)11-9-15/h8-11,23H,5-7,12-13H2,1-4H3,(H,24,25). The lowest BCUT2D eigenvalue weighted by Crippen LogP contribution is -2.44. The molecule has 0 bridgehead atoms. The highest BCUT2D eigenvalue weighted by Gasteiger charge is 2.38. The number of aromatic nitrogens is 1. The van der Waals surface area contributed by atoms with Crippen LogP contribution in [0.1, 0.15) is 70.3 Å². The Hall–Kier alpha value is -2.76. The monoisotopic (exact) mass is 384 g/mol. The van der Waals surface area contributed by atoms with Crippen molar-refractivity contribution in [1.82, 2.24) is 10.3 Å². The van der Waals surface area contributed by atoms with Gasteiger partial charge in [-0.1, -0.05) is 31.9 Å². The normalized spacial score (nSPS) is 15.3. The molecule has 1 saturated carbocycles. The third-order valence-electron chi connectivity index (χ3n) is 5.75. The summed E-state index contributed by atoms with van der Waals surface area (Å²) >= 11 is 0. The zero-order valence-corrected chi connectivity index (χ0v) is 17.0. The van der Waals surface area contributed by atoms with Gasteiger partial charge in [-0.2, -0.15) is 0 Å². The Morgan fingerprint density at radius 2 is 1.79 bits per heavy atom. The van der Waals surface area contributed by atoms with Gasteiger partial charge < -0.3 is 19.8 Å². The number of hydrogen-bond donors (Lipinski definition) is 2. The van der Waals surface area contributed by atoms with E-state index in [0.717, 1.165) is 42.7 Å². The Morgan fingerprint density at radius 3 is 2.32 bits per heavy atom. The van der Waals surface area contributed by atoms with Gasteiger partial charge in [0.05, 0.1) is 25.3 Å². The van der Waals surface area contributed by atoms with Gasteiger partial charge in [-0.05, 0) is 49.4 Å². The number of carbonyl (C=O) groups excluding carboxylic acids is 2. The molecule has 1 heterocycles. The second-order valence-electron chi connectivity index (χ2n) is 7.30. The van der Waals surface area contributed by atoms with Crippen molar-refractivity contribution >= 4 is 11.9 Å². The Balaban J connectivity index is 1.93. The number of aryl methyl sites for hydroxylation is 1. The number of ether oxygens (including phenoxy) is 2. The number of benzene rings is 1. The molecule has 3 rings (SSSR count). The zero-order valence-electron chi connectivity index (χ0n) is 17.0. The summed E-state index contributed by atoms with van der Waals surface area (Å²) in [5.74, 6) is 0.175. The summed E-state index contributed by atoms with van der Waals surface area (Å²) in [6.45, 7) is 3.72. The minimum atomic E-state index is -0.421. The van der Waals surface area contributed by atoms with Crippen molar-refractivity contribution in [3.63, 3.8) is 0 Å². The predicted molar refractivity (Wildman–Crippen MR) is 107 cm³/mol. The van der Waals surface area contributed by atoms with Crippen LogP contribution < -0.4 is 10.1 Å². The van der Waals surface area contributed by atoms with Crippen molar-refractivity contribution in [3.05, 3.63) is 52.3 Å². The largest absolute Gasteiger partial charge is 0.497 e. The summed E-state index contributed by atoms with van der Waals surface area (Å²) in [4.78, 5) is 28.5. The number of H-pyrrole nitrogens is 1. The maximum absolute atomic E-state index is 13.2. The van der Waals surface area contributed by atoms with E-state index in [1.807, 2.05) is 31.2 Å².